The molecule has 3 aromatic carbocycles. The van der Waals surface area contributed by atoms with Gasteiger partial charge in [0.1, 0.15) is 0 Å². The molecule has 0 amide bonds. The molecule has 0 N–H and O–H groups in total. The molecule has 0 aliphatic heterocycles. The number of benzene rings is 3. The van der Waals surface area contributed by atoms with Gasteiger partial charge in [-0.2, -0.15) is 0 Å². The highest BCUT2D eigenvalue weighted by molar-refractivity contribution is 5.89. The summed E-state index contributed by atoms with van der Waals surface area (Å²) in [6.45, 7) is 12.3. The van der Waals surface area contributed by atoms with Crippen LogP contribution in [0.25, 0.3) is 0 Å². The molecule has 0 aliphatic rings. The van der Waals surface area contributed by atoms with Crippen LogP contribution < -0.4 is 4.90 Å². The van der Waals surface area contributed by atoms with Gasteiger partial charge in [-0.15, -0.1) is 0 Å². The second-order valence-electron chi connectivity index (χ2n) is 11.7. The summed E-state index contributed by atoms with van der Waals surface area (Å²) in [5, 5.41) is 0. The summed E-state index contributed by atoms with van der Waals surface area (Å²) >= 11 is 0. The van der Waals surface area contributed by atoms with Gasteiger partial charge in [-0.1, -0.05) is 36.0 Å². The molecule has 41 heavy (non-hydrogen) atoms. The summed E-state index contributed by atoms with van der Waals surface area (Å²) in [5.41, 5.74) is 4.10. The van der Waals surface area contributed by atoms with Crippen molar-refractivity contribution < 1.29 is 19.1 Å². The zero-order valence-corrected chi connectivity index (χ0v) is 24.9. The van der Waals surface area contributed by atoms with E-state index in [-0.39, 0.29) is 18.0 Å². The Morgan fingerprint density at radius 2 is 1.15 bits per heavy atom. The molecule has 0 heterocycles. The number of unbranched alkanes of at least 4 members (excludes halogenated alkanes) is 1. The molecule has 3 aromatic rings. The highest BCUT2D eigenvalue weighted by atomic mass is 16.5. The molecule has 0 saturated heterocycles. The number of hydrogen-bond donors (Lipinski definition) is 0. The quantitative estimate of drug-likeness (QED) is 0.163. The van der Waals surface area contributed by atoms with Gasteiger partial charge >= 0.3 is 11.9 Å². The zero-order chi connectivity index (χ0) is 29.9. The maximum absolute atomic E-state index is 12.1. The maximum Gasteiger partial charge on any atom is 0.384 e. The summed E-state index contributed by atoms with van der Waals surface area (Å²) in [5.74, 6) is 11.1. The number of carbonyl (C=O) groups excluding carboxylic acids is 2. The Hall–Kier alpha value is -4.48. The van der Waals surface area contributed by atoms with Crippen LogP contribution >= 0.6 is 0 Å². The van der Waals surface area contributed by atoms with Crippen LogP contribution in [0, 0.1) is 34.5 Å². The smallest absolute Gasteiger partial charge is 0.384 e. The fraction of sp³-hybridized carbons (Fsp3) is 0.333. The second kappa shape index (κ2) is 14.2. The van der Waals surface area contributed by atoms with Gasteiger partial charge < -0.3 is 14.4 Å². The molecule has 0 unspecified atom stereocenters. The van der Waals surface area contributed by atoms with Gasteiger partial charge in [0.2, 0.25) is 0 Å². The molecule has 0 spiro atoms. The van der Waals surface area contributed by atoms with Crippen molar-refractivity contribution >= 4 is 29.0 Å². The van der Waals surface area contributed by atoms with E-state index in [9.17, 15) is 9.59 Å². The molecule has 5 nitrogen and oxygen atoms in total. The number of nitrogens with zero attached hydrogens (tertiary/aromatic N) is 1. The fourth-order valence-corrected chi connectivity index (χ4v) is 3.58. The van der Waals surface area contributed by atoms with Crippen molar-refractivity contribution in [2.45, 2.75) is 54.4 Å². The van der Waals surface area contributed by atoms with Crippen molar-refractivity contribution in [1.29, 1.82) is 0 Å². The number of carbonyl (C=O) groups is 2. The first-order valence-electron chi connectivity index (χ1n) is 13.9. The SMILES string of the molecule is CC(C)(C)C#Cc1ccc(N(c2ccccc2)c2ccc(C#CC(=O)OCCCCOC(=O)C(C)(C)C)cc2)cc1. The predicted octanol–water partition coefficient (Wildman–Crippen LogP) is 7.82. The Labute approximate surface area is 244 Å². The minimum Gasteiger partial charge on any atom is -0.465 e. The molecule has 0 fully saturated rings. The monoisotopic (exact) mass is 549 g/mol. The number of ether oxygens (including phenoxy) is 2. The molecule has 0 saturated carbocycles. The average Bonchev–Trinajstić information content (AvgIpc) is 2.93. The number of esters is 2. The standard InChI is InChI=1S/C36H39NO4/c1-35(2,3)25-24-29-16-21-32(22-17-29)37(30-12-8-7-9-13-30)31-19-14-28(15-20-31)18-23-33(38)40-26-10-11-27-41-34(39)36(4,5)6/h7-9,12-17,19-22H,10-11,26-27H2,1-6H3. The molecule has 0 radical (unpaired) electrons. The lowest BCUT2D eigenvalue weighted by Crippen LogP contribution is -2.23. The van der Waals surface area contributed by atoms with Gasteiger partial charge in [0, 0.05) is 39.5 Å². The van der Waals surface area contributed by atoms with E-state index in [0.717, 1.165) is 22.6 Å². The van der Waals surface area contributed by atoms with Crippen LogP contribution in [0.5, 0.6) is 0 Å². The lowest BCUT2D eigenvalue weighted by atomic mass is 9.97. The first-order chi connectivity index (χ1) is 19.4. The van der Waals surface area contributed by atoms with Crippen LogP contribution in [0.15, 0.2) is 78.9 Å². The molecular weight excluding hydrogens is 510 g/mol. The van der Waals surface area contributed by atoms with Crippen LogP contribution in [0.1, 0.15) is 65.5 Å². The molecule has 212 valence electrons. The molecule has 0 atom stereocenters. The van der Waals surface area contributed by atoms with Crippen LogP contribution in [-0.2, 0) is 19.1 Å². The van der Waals surface area contributed by atoms with Crippen LogP contribution in [-0.4, -0.2) is 25.2 Å². The highest BCUT2D eigenvalue weighted by Crippen LogP contribution is 2.34. The molecule has 0 aliphatic carbocycles. The van der Waals surface area contributed by atoms with E-state index in [4.69, 9.17) is 9.47 Å². The van der Waals surface area contributed by atoms with Gasteiger partial charge in [0.05, 0.1) is 18.6 Å². The molecule has 0 bridgehead atoms. The summed E-state index contributed by atoms with van der Waals surface area (Å²) in [6.07, 6.45) is 1.22. The van der Waals surface area contributed by atoms with Gasteiger partial charge in [-0.3, -0.25) is 4.79 Å². The Morgan fingerprint density at radius 1 is 0.659 bits per heavy atom. The third-order valence-electron chi connectivity index (χ3n) is 5.77. The van der Waals surface area contributed by atoms with Gasteiger partial charge in [0.15, 0.2) is 0 Å². The minimum atomic E-state index is -0.582. The molecule has 0 aromatic heterocycles. The predicted molar refractivity (Wildman–Crippen MR) is 165 cm³/mol. The zero-order valence-electron chi connectivity index (χ0n) is 24.9. The number of hydrogen-bond acceptors (Lipinski definition) is 5. The number of rotatable bonds is 8. The lowest BCUT2D eigenvalue weighted by Gasteiger charge is -2.25. The van der Waals surface area contributed by atoms with Gasteiger partial charge in [0.25, 0.3) is 0 Å². The molecule has 5 heteroatoms. The van der Waals surface area contributed by atoms with Crippen molar-refractivity contribution in [1.82, 2.24) is 0 Å². The summed E-state index contributed by atoms with van der Waals surface area (Å²) in [6, 6.07) is 26.1. The third-order valence-corrected chi connectivity index (χ3v) is 5.77. The number of para-hydroxylation sites is 1. The summed E-state index contributed by atoms with van der Waals surface area (Å²) in [4.78, 5) is 26.0. The summed E-state index contributed by atoms with van der Waals surface area (Å²) < 4.78 is 10.4. The van der Waals surface area contributed by atoms with Gasteiger partial charge in [-0.25, -0.2) is 4.79 Å². The van der Waals surface area contributed by atoms with Gasteiger partial charge in [-0.05, 0) is 115 Å². The molecular formula is C36H39NO4. The average molecular weight is 550 g/mol. The Morgan fingerprint density at radius 3 is 1.66 bits per heavy atom. The van der Waals surface area contributed by atoms with Crippen molar-refractivity contribution in [2.75, 3.05) is 18.1 Å². The number of anilines is 3. The van der Waals surface area contributed by atoms with E-state index in [0.29, 0.717) is 25.0 Å². The second-order valence-corrected chi connectivity index (χ2v) is 11.7. The fourth-order valence-electron chi connectivity index (χ4n) is 3.58. The van der Waals surface area contributed by atoms with E-state index in [1.165, 1.54) is 0 Å². The first-order valence-corrected chi connectivity index (χ1v) is 13.9. The van der Waals surface area contributed by atoms with E-state index >= 15 is 0 Å². The largest absolute Gasteiger partial charge is 0.465 e. The Balaban J connectivity index is 1.62. The van der Waals surface area contributed by atoms with Crippen LogP contribution in [0.4, 0.5) is 17.1 Å². The third kappa shape index (κ3) is 10.5. The normalized spacial score (nSPS) is 10.9. The van der Waals surface area contributed by atoms with E-state index < -0.39 is 11.4 Å². The van der Waals surface area contributed by atoms with Crippen molar-refractivity contribution in [3.63, 3.8) is 0 Å². The van der Waals surface area contributed by atoms with Crippen molar-refractivity contribution in [2.24, 2.45) is 10.8 Å². The minimum absolute atomic E-state index is 0.0556. The van der Waals surface area contributed by atoms with E-state index in [2.05, 4.69) is 73.6 Å². The summed E-state index contributed by atoms with van der Waals surface area (Å²) in [7, 11) is 0. The highest BCUT2D eigenvalue weighted by Gasteiger charge is 2.22. The van der Waals surface area contributed by atoms with E-state index in [1.807, 2.05) is 75.4 Å². The van der Waals surface area contributed by atoms with Crippen molar-refractivity contribution in [3.05, 3.63) is 90.0 Å². The first kappa shape index (κ1) is 31.1. The Bertz CT molecular complexity index is 1420. The van der Waals surface area contributed by atoms with Crippen molar-refractivity contribution in [3.8, 4) is 23.7 Å². The van der Waals surface area contributed by atoms with E-state index in [1.54, 1.807) is 0 Å². The topological polar surface area (TPSA) is 55.8 Å². The Kier molecular flexibility index (Phi) is 10.8. The van der Waals surface area contributed by atoms with Crippen LogP contribution in [0.2, 0.25) is 0 Å². The molecule has 3 rings (SSSR count). The maximum atomic E-state index is 12.1. The van der Waals surface area contributed by atoms with Crippen LogP contribution in [0.3, 0.4) is 0 Å². The lowest BCUT2D eigenvalue weighted by molar-refractivity contribution is -0.153.